The summed E-state index contributed by atoms with van der Waals surface area (Å²) in [6.45, 7) is 2.10. The molecule has 5 heteroatoms. The molecule has 0 aliphatic rings. The summed E-state index contributed by atoms with van der Waals surface area (Å²) in [7, 11) is 0. The van der Waals surface area contributed by atoms with Crippen molar-refractivity contribution >= 4 is 27.4 Å². The molecular formula is C15H12N4S. The summed E-state index contributed by atoms with van der Waals surface area (Å²) in [6.07, 6.45) is 0.958. The lowest BCUT2D eigenvalue weighted by Crippen LogP contribution is -1.96. The van der Waals surface area contributed by atoms with Crippen molar-refractivity contribution in [3.05, 3.63) is 40.8 Å². The van der Waals surface area contributed by atoms with Crippen LogP contribution in [0.1, 0.15) is 17.4 Å². The first-order valence-electron chi connectivity index (χ1n) is 6.27. The van der Waals surface area contributed by atoms with Crippen molar-refractivity contribution < 1.29 is 0 Å². The maximum absolute atomic E-state index is 8.96. The maximum atomic E-state index is 8.96. The van der Waals surface area contributed by atoms with Crippen LogP contribution in [-0.4, -0.2) is 9.97 Å². The van der Waals surface area contributed by atoms with Gasteiger partial charge in [0.15, 0.2) is 5.82 Å². The number of nitriles is 1. The molecule has 2 aromatic heterocycles. The van der Waals surface area contributed by atoms with Gasteiger partial charge in [0, 0.05) is 10.4 Å². The topological polar surface area (TPSA) is 75.6 Å². The standard InChI is InChI=1S/C15H12N4S/c1-2-11-7-12-13(17)18-14(19-15(12)20-11)10-5-3-4-9(6-10)8-16/h3-7H,2H2,1H3,(H2,17,18,19). The number of aromatic nitrogens is 2. The molecule has 4 nitrogen and oxygen atoms in total. The smallest absolute Gasteiger partial charge is 0.163 e. The second-order valence-corrected chi connectivity index (χ2v) is 5.53. The molecule has 0 saturated carbocycles. The fraction of sp³-hybridized carbons (Fsp3) is 0.133. The Bertz CT molecular complexity index is 829. The van der Waals surface area contributed by atoms with Crippen molar-refractivity contribution in [2.45, 2.75) is 13.3 Å². The van der Waals surface area contributed by atoms with Gasteiger partial charge in [-0.15, -0.1) is 11.3 Å². The summed E-state index contributed by atoms with van der Waals surface area (Å²) in [4.78, 5) is 11.1. The van der Waals surface area contributed by atoms with Crippen molar-refractivity contribution in [1.82, 2.24) is 9.97 Å². The maximum Gasteiger partial charge on any atom is 0.163 e. The lowest BCUT2D eigenvalue weighted by Gasteiger charge is -2.02. The van der Waals surface area contributed by atoms with E-state index >= 15 is 0 Å². The highest BCUT2D eigenvalue weighted by Crippen LogP contribution is 2.30. The molecular weight excluding hydrogens is 268 g/mol. The fourth-order valence-electron chi connectivity index (χ4n) is 2.02. The molecule has 0 amide bonds. The van der Waals surface area contributed by atoms with E-state index in [4.69, 9.17) is 11.0 Å². The van der Waals surface area contributed by atoms with E-state index in [0.29, 0.717) is 17.2 Å². The van der Waals surface area contributed by atoms with Gasteiger partial charge in [-0.1, -0.05) is 19.1 Å². The van der Waals surface area contributed by atoms with Crippen molar-refractivity contribution in [3.8, 4) is 17.5 Å². The van der Waals surface area contributed by atoms with Gasteiger partial charge in [-0.25, -0.2) is 9.97 Å². The number of benzene rings is 1. The molecule has 3 aromatic rings. The van der Waals surface area contributed by atoms with Gasteiger partial charge in [-0.3, -0.25) is 0 Å². The van der Waals surface area contributed by atoms with E-state index in [0.717, 1.165) is 22.2 Å². The van der Waals surface area contributed by atoms with Crippen LogP contribution in [0.25, 0.3) is 21.6 Å². The Morgan fingerprint density at radius 3 is 2.90 bits per heavy atom. The number of hydrogen-bond acceptors (Lipinski definition) is 5. The molecule has 0 aliphatic carbocycles. The van der Waals surface area contributed by atoms with E-state index in [1.54, 1.807) is 23.5 Å². The van der Waals surface area contributed by atoms with Crippen molar-refractivity contribution in [2.75, 3.05) is 5.73 Å². The summed E-state index contributed by atoms with van der Waals surface area (Å²) >= 11 is 1.63. The van der Waals surface area contributed by atoms with Crippen LogP contribution in [-0.2, 0) is 6.42 Å². The fourth-order valence-corrected chi connectivity index (χ4v) is 3.00. The van der Waals surface area contributed by atoms with Crippen molar-refractivity contribution in [2.24, 2.45) is 0 Å². The van der Waals surface area contributed by atoms with Crippen LogP contribution >= 0.6 is 11.3 Å². The third-order valence-electron chi connectivity index (χ3n) is 3.07. The minimum Gasteiger partial charge on any atom is -0.383 e. The Labute approximate surface area is 120 Å². The van der Waals surface area contributed by atoms with Gasteiger partial charge in [0.1, 0.15) is 10.6 Å². The van der Waals surface area contributed by atoms with E-state index in [1.807, 2.05) is 18.2 Å². The molecule has 0 atom stereocenters. The molecule has 0 unspecified atom stereocenters. The average Bonchev–Trinajstić information content (AvgIpc) is 2.91. The second-order valence-electron chi connectivity index (χ2n) is 4.41. The van der Waals surface area contributed by atoms with Gasteiger partial charge in [-0.05, 0) is 24.6 Å². The number of nitrogens with zero attached hydrogens (tertiary/aromatic N) is 3. The summed E-state index contributed by atoms with van der Waals surface area (Å²) < 4.78 is 0. The Kier molecular flexibility index (Phi) is 3.09. The Hall–Kier alpha value is -2.45. The number of thiophene rings is 1. The van der Waals surface area contributed by atoms with Crippen LogP contribution in [0, 0.1) is 11.3 Å². The first-order chi connectivity index (χ1) is 9.71. The third-order valence-corrected chi connectivity index (χ3v) is 4.24. The summed E-state index contributed by atoms with van der Waals surface area (Å²) in [6, 6.07) is 11.4. The molecule has 3 rings (SSSR count). The monoisotopic (exact) mass is 280 g/mol. The largest absolute Gasteiger partial charge is 0.383 e. The number of nitrogens with two attached hydrogens (primary N) is 1. The number of fused-ring (bicyclic) bond motifs is 1. The number of hydrogen-bond donors (Lipinski definition) is 1. The summed E-state index contributed by atoms with van der Waals surface area (Å²) in [5, 5.41) is 9.87. The number of rotatable bonds is 2. The van der Waals surface area contributed by atoms with E-state index in [-0.39, 0.29) is 0 Å². The highest BCUT2D eigenvalue weighted by Gasteiger charge is 2.10. The first kappa shape index (κ1) is 12.6. The van der Waals surface area contributed by atoms with Crippen LogP contribution in [0.2, 0.25) is 0 Å². The SMILES string of the molecule is CCc1cc2c(N)nc(-c3cccc(C#N)c3)nc2s1. The quantitative estimate of drug-likeness (QED) is 0.780. The zero-order valence-electron chi connectivity index (χ0n) is 10.9. The van der Waals surface area contributed by atoms with Crippen LogP contribution in [0.15, 0.2) is 30.3 Å². The van der Waals surface area contributed by atoms with E-state index < -0.39 is 0 Å². The summed E-state index contributed by atoms with van der Waals surface area (Å²) in [5.74, 6) is 1.06. The summed E-state index contributed by atoms with van der Waals surface area (Å²) in [5.41, 5.74) is 7.42. The number of nitrogen functional groups attached to an aromatic ring is 1. The number of anilines is 1. The van der Waals surface area contributed by atoms with E-state index in [1.165, 1.54) is 4.88 Å². The Morgan fingerprint density at radius 2 is 2.15 bits per heavy atom. The normalized spacial score (nSPS) is 10.6. The van der Waals surface area contributed by atoms with Crippen LogP contribution in [0.3, 0.4) is 0 Å². The van der Waals surface area contributed by atoms with E-state index in [9.17, 15) is 0 Å². The van der Waals surface area contributed by atoms with E-state index in [2.05, 4.69) is 23.0 Å². The molecule has 2 N–H and O–H groups in total. The minimum atomic E-state index is 0.489. The molecule has 0 aliphatic heterocycles. The van der Waals surface area contributed by atoms with Gasteiger partial charge in [0.2, 0.25) is 0 Å². The first-order valence-corrected chi connectivity index (χ1v) is 7.09. The zero-order valence-corrected chi connectivity index (χ0v) is 11.7. The average molecular weight is 280 g/mol. The minimum absolute atomic E-state index is 0.489. The molecule has 0 bridgehead atoms. The lowest BCUT2D eigenvalue weighted by molar-refractivity contribution is 1.19. The van der Waals surface area contributed by atoms with Gasteiger partial charge >= 0.3 is 0 Å². The van der Waals surface area contributed by atoms with Gasteiger partial charge in [0.25, 0.3) is 0 Å². The Morgan fingerprint density at radius 1 is 1.30 bits per heavy atom. The van der Waals surface area contributed by atoms with Crippen LogP contribution < -0.4 is 5.73 Å². The predicted octanol–water partition coefficient (Wildman–Crippen LogP) is 3.37. The molecule has 0 spiro atoms. The Balaban J connectivity index is 2.19. The van der Waals surface area contributed by atoms with Crippen LogP contribution in [0.4, 0.5) is 5.82 Å². The lowest BCUT2D eigenvalue weighted by atomic mass is 10.1. The van der Waals surface area contributed by atoms with Gasteiger partial charge in [-0.2, -0.15) is 5.26 Å². The molecule has 0 saturated heterocycles. The molecule has 0 radical (unpaired) electrons. The molecule has 1 aromatic carbocycles. The van der Waals surface area contributed by atoms with Gasteiger partial charge in [0.05, 0.1) is 17.0 Å². The molecule has 20 heavy (non-hydrogen) atoms. The van der Waals surface area contributed by atoms with Gasteiger partial charge < -0.3 is 5.73 Å². The van der Waals surface area contributed by atoms with Crippen molar-refractivity contribution in [1.29, 1.82) is 5.26 Å². The zero-order chi connectivity index (χ0) is 14.1. The molecule has 98 valence electrons. The third kappa shape index (κ3) is 2.10. The molecule has 2 heterocycles. The highest BCUT2D eigenvalue weighted by atomic mass is 32.1. The van der Waals surface area contributed by atoms with Crippen molar-refractivity contribution in [3.63, 3.8) is 0 Å². The molecule has 0 fully saturated rings. The van der Waals surface area contributed by atoms with Crippen LogP contribution in [0.5, 0.6) is 0 Å². The number of aryl methyl sites for hydroxylation is 1. The second kappa shape index (κ2) is 4.91. The predicted molar refractivity (Wildman–Crippen MR) is 81.4 cm³/mol. The highest BCUT2D eigenvalue weighted by molar-refractivity contribution is 7.18.